The van der Waals surface area contributed by atoms with Crippen LogP contribution in [-0.2, 0) is 5.11 Å². The van der Waals surface area contributed by atoms with Crippen molar-refractivity contribution in [1.82, 2.24) is 10.3 Å². The number of amides is 1. The monoisotopic (exact) mass is 193 g/mol. The minimum atomic E-state index is -0.478. The molecule has 1 unspecified atom stereocenters. The molecule has 1 rings (SSSR count). The van der Waals surface area contributed by atoms with E-state index in [1.54, 1.807) is 6.07 Å². The molecule has 0 aromatic carbocycles. The zero-order valence-corrected chi connectivity index (χ0v) is 8.28. The Morgan fingerprint density at radius 2 is 2.36 bits per heavy atom. The molecule has 14 heavy (non-hydrogen) atoms. The van der Waals surface area contributed by atoms with Gasteiger partial charge in [0.15, 0.2) is 0 Å². The maximum absolute atomic E-state index is 11.5. The minimum absolute atomic E-state index is 0.0714. The van der Waals surface area contributed by atoms with Crippen molar-refractivity contribution < 1.29 is 9.90 Å². The van der Waals surface area contributed by atoms with Crippen molar-refractivity contribution in [2.45, 2.75) is 26.3 Å². The quantitative estimate of drug-likeness (QED) is 0.794. The largest absolute Gasteiger partial charge is 0.349 e. The molecule has 1 aromatic heterocycles. The van der Waals surface area contributed by atoms with Gasteiger partial charge >= 0.3 is 0 Å². The fraction of sp³-hybridized carbons (Fsp3) is 0.400. The SMILES string of the molecule is CCC(C)NC(=O)c1cccnc1[O]. The highest BCUT2D eigenvalue weighted by molar-refractivity contribution is 5.96. The fourth-order valence-electron chi connectivity index (χ4n) is 0.967. The van der Waals surface area contributed by atoms with Gasteiger partial charge in [-0.2, -0.15) is 0 Å². The van der Waals surface area contributed by atoms with Crippen LogP contribution in [0.5, 0.6) is 5.88 Å². The summed E-state index contributed by atoms with van der Waals surface area (Å²) in [6.45, 7) is 3.85. The normalized spacial score (nSPS) is 12.1. The maximum atomic E-state index is 11.5. The lowest BCUT2D eigenvalue weighted by atomic mass is 10.2. The molecule has 1 radical (unpaired) electrons. The van der Waals surface area contributed by atoms with E-state index in [-0.39, 0.29) is 17.5 Å². The smallest absolute Gasteiger partial charge is 0.282 e. The topological polar surface area (TPSA) is 61.9 Å². The van der Waals surface area contributed by atoms with Crippen LogP contribution in [0, 0.1) is 0 Å². The number of nitrogens with zero attached hydrogens (tertiary/aromatic N) is 1. The maximum Gasteiger partial charge on any atom is 0.282 e. The number of hydrogen-bond donors (Lipinski definition) is 1. The van der Waals surface area contributed by atoms with Crippen LogP contribution < -0.4 is 5.32 Å². The molecular weight excluding hydrogens is 180 g/mol. The lowest BCUT2D eigenvalue weighted by Crippen LogP contribution is -2.31. The Morgan fingerprint density at radius 1 is 1.64 bits per heavy atom. The number of nitrogens with one attached hydrogen (secondary N) is 1. The lowest BCUT2D eigenvalue weighted by Gasteiger charge is -2.10. The Morgan fingerprint density at radius 3 is 2.93 bits per heavy atom. The number of carbonyl (C=O) groups is 1. The van der Waals surface area contributed by atoms with Gasteiger partial charge in [0, 0.05) is 12.2 Å². The molecule has 75 valence electrons. The summed E-state index contributed by atoms with van der Waals surface area (Å²) in [7, 11) is 0. The number of hydrogen-bond acceptors (Lipinski definition) is 2. The second-order valence-electron chi connectivity index (χ2n) is 3.14. The van der Waals surface area contributed by atoms with Crippen LogP contribution in [0.2, 0.25) is 0 Å². The Bertz CT molecular complexity index is 326. The van der Waals surface area contributed by atoms with Gasteiger partial charge in [0.05, 0.1) is 0 Å². The molecule has 4 nitrogen and oxygen atoms in total. The van der Waals surface area contributed by atoms with Crippen molar-refractivity contribution in [2.75, 3.05) is 0 Å². The van der Waals surface area contributed by atoms with Gasteiger partial charge in [-0.05, 0) is 25.5 Å². The third kappa shape index (κ3) is 2.45. The van der Waals surface area contributed by atoms with E-state index in [9.17, 15) is 9.90 Å². The fourth-order valence-corrected chi connectivity index (χ4v) is 0.967. The molecule has 1 heterocycles. The van der Waals surface area contributed by atoms with Crippen molar-refractivity contribution in [3.63, 3.8) is 0 Å². The van der Waals surface area contributed by atoms with Gasteiger partial charge in [-0.3, -0.25) is 9.90 Å². The number of aromatic nitrogens is 1. The molecule has 1 aromatic rings. The highest BCUT2D eigenvalue weighted by atomic mass is 16.3. The molecule has 1 amide bonds. The molecule has 4 heteroatoms. The summed E-state index contributed by atoms with van der Waals surface area (Å²) < 4.78 is 0. The summed E-state index contributed by atoms with van der Waals surface area (Å²) in [5.41, 5.74) is 0.104. The van der Waals surface area contributed by atoms with Crippen molar-refractivity contribution in [3.8, 4) is 5.88 Å². The van der Waals surface area contributed by atoms with E-state index >= 15 is 0 Å². The van der Waals surface area contributed by atoms with Crippen LogP contribution in [0.15, 0.2) is 18.3 Å². The second-order valence-corrected chi connectivity index (χ2v) is 3.14. The van der Waals surface area contributed by atoms with Crippen molar-refractivity contribution in [1.29, 1.82) is 0 Å². The molecular formula is C10H13N2O2. The minimum Gasteiger partial charge on any atom is -0.349 e. The Balaban J connectivity index is 2.75. The molecule has 0 saturated heterocycles. The summed E-state index contributed by atoms with van der Waals surface area (Å²) in [6.07, 6.45) is 2.21. The first-order valence-electron chi connectivity index (χ1n) is 4.58. The highest BCUT2D eigenvalue weighted by Gasteiger charge is 2.13. The van der Waals surface area contributed by atoms with Crippen molar-refractivity contribution >= 4 is 5.91 Å². The summed E-state index contributed by atoms with van der Waals surface area (Å²) in [4.78, 5) is 15.0. The lowest BCUT2D eigenvalue weighted by molar-refractivity contribution is 0.0934. The average molecular weight is 193 g/mol. The van der Waals surface area contributed by atoms with E-state index in [4.69, 9.17) is 0 Å². The summed E-state index contributed by atoms with van der Waals surface area (Å²) in [5, 5.41) is 13.9. The van der Waals surface area contributed by atoms with Crippen LogP contribution in [0.25, 0.3) is 0 Å². The zero-order valence-electron chi connectivity index (χ0n) is 8.28. The molecule has 0 aliphatic rings. The predicted octanol–water partition coefficient (Wildman–Crippen LogP) is 1.75. The van der Waals surface area contributed by atoms with Crippen LogP contribution in [0.3, 0.4) is 0 Å². The van der Waals surface area contributed by atoms with E-state index < -0.39 is 5.88 Å². The molecule has 1 N–H and O–H groups in total. The van der Waals surface area contributed by atoms with Crippen molar-refractivity contribution in [2.24, 2.45) is 0 Å². The first-order valence-corrected chi connectivity index (χ1v) is 4.58. The number of carbonyl (C=O) groups excluding carboxylic acids is 1. The first-order chi connectivity index (χ1) is 6.65. The summed E-state index contributed by atoms with van der Waals surface area (Å²) in [5.74, 6) is -0.828. The van der Waals surface area contributed by atoms with E-state index in [0.717, 1.165) is 6.42 Å². The standard InChI is InChI=1S/C10H13N2O2/c1-3-7(2)12-10(14)8-5-4-6-11-9(8)13/h4-7H,3H2,1-2H3,(H,12,14). The highest BCUT2D eigenvalue weighted by Crippen LogP contribution is 2.12. The molecule has 0 aliphatic heterocycles. The van der Waals surface area contributed by atoms with Gasteiger partial charge in [-0.15, -0.1) is 0 Å². The third-order valence-corrected chi connectivity index (χ3v) is 2.01. The van der Waals surface area contributed by atoms with Crippen LogP contribution in [-0.4, -0.2) is 16.9 Å². The average Bonchev–Trinajstić information content (AvgIpc) is 2.18. The van der Waals surface area contributed by atoms with Crippen LogP contribution >= 0.6 is 0 Å². The number of pyridine rings is 1. The second kappa shape index (κ2) is 4.60. The molecule has 0 aliphatic carbocycles. The third-order valence-electron chi connectivity index (χ3n) is 2.01. The van der Waals surface area contributed by atoms with Gasteiger partial charge in [0.2, 0.25) is 0 Å². The zero-order chi connectivity index (χ0) is 10.6. The molecule has 0 saturated carbocycles. The van der Waals surface area contributed by atoms with E-state index in [1.165, 1.54) is 12.3 Å². The summed E-state index contributed by atoms with van der Waals surface area (Å²) in [6, 6.07) is 3.13. The van der Waals surface area contributed by atoms with Gasteiger partial charge in [0.1, 0.15) is 5.56 Å². The van der Waals surface area contributed by atoms with Crippen molar-refractivity contribution in [3.05, 3.63) is 23.9 Å². The van der Waals surface area contributed by atoms with Gasteiger partial charge < -0.3 is 5.32 Å². The summed E-state index contributed by atoms with van der Waals surface area (Å²) >= 11 is 0. The van der Waals surface area contributed by atoms with Gasteiger partial charge in [-0.1, -0.05) is 6.92 Å². The van der Waals surface area contributed by atoms with Crippen LogP contribution in [0.4, 0.5) is 0 Å². The molecule has 0 fully saturated rings. The van der Waals surface area contributed by atoms with Gasteiger partial charge in [0.25, 0.3) is 11.8 Å². The molecule has 1 atom stereocenters. The van der Waals surface area contributed by atoms with E-state index in [1.807, 2.05) is 13.8 Å². The Kier molecular flexibility index (Phi) is 3.45. The van der Waals surface area contributed by atoms with Crippen LogP contribution in [0.1, 0.15) is 30.6 Å². The molecule has 0 spiro atoms. The van der Waals surface area contributed by atoms with E-state index in [0.29, 0.717) is 0 Å². The molecule has 0 bridgehead atoms. The predicted molar refractivity (Wildman–Crippen MR) is 51.6 cm³/mol. The number of rotatable bonds is 3. The Labute approximate surface area is 83.0 Å². The van der Waals surface area contributed by atoms with E-state index in [2.05, 4.69) is 10.3 Å². The Hall–Kier alpha value is -1.58. The first kappa shape index (κ1) is 10.5. The van der Waals surface area contributed by atoms with Gasteiger partial charge in [-0.25, -0.2) is 4.98 Å².